The van der Waals surface area contributed by atoms with E-state index in [1.807, 2.05) is 11.8 Å². The molecule has 0 aromatic heterocycles. The van der Waals surface area contributed by atoms with Crippen LogP contribution in [0.5, 0.6) is 0 Å². The second-order valence-electron chi connectivity index (χ2n) is 7.87. The molecule has 2 aliphatic rings. The fraction of sp³-hybridized carbons (Fsp3) is 0.944. The summed E-state index contributed by atoms with van der Waals surface area (Å²) in [4.78, 5) is 19.7. The van der Waals surface area contributed by atoms with Gasteiger partial charge >= 0.3 is 0 Å². The summed E-state index contributed by atoms with van der Waals surface area (Å²) in [5.74, 6) is 0.536. The number of ether oxygens (including phenoxy) is 1. The van der Waals surface area contributed by atoms with Crippen LogP contribution in [0.25, 0.3) is 0 Å². The van der Waals surface area contributed by atoms with Crippen molar-refractivity contribution in [3.63, 3.8) is 0 Å². The number of hydrogen-bond acceptors (Lipinski definition) is 5. The van der Waals surface area contributed by atoms with Gasteiger partial charge in [0.25, 0.3) is 0 Å². The molecule has 0 spiro atoms. The number of aliphatic hydroxyl groups excluding tert-OH is 1. The highest BCUT2D eigenvalue weighted by Gasteiger charge is 2.37. The topological polar surface area (TPSA) is 56.2 Å². The summed E-state index contributed by atoms with van der Waals surface area (Å²) < 4.78 is 5.83. The molecule has 0 saturated carbocycles. The Labute approximate surface area is 146 Å². The lowest BCUT2D eigenvalue weighted by molar-refractivity contribution is -0.147. The Bertz CT molecular complexity index is 398. The van der Waals surface area contributed by atoms with Crippen molar-refractivity contribution < 1.29 is 14.6 Å². The molecule has 1 amide bonds. The lowest BCUT2D eigenvalue weighted by Gasteiger charge is -2.44. The number of piperazine rings is 1. The van der Waals surface area contributed by atoms with Crippen LogP contribution >= 0.6 is 0 Å². The van der Waals surface area contributed by atoms with Gasteiger partial charge in [-0.05, 0) is 26.7 Å². The molecule has 6 heteroatoms. The summed E-state index contributed by atoms with van der Waals surface area (Å²) in [6.07, 6.45) is 0.0309. The summed E-state index contributed by atoms with van der Waals surface area (Å²) >= 11 is 0. The molecule has 0 radical (unpaired) electrons. The predicted molar refractivity (Wildman–Crippen MR) is 94.9 cm³/mol. The number of morpholine rings is 1. The second-order valence-corrected chi connectivity index (χ2v) is 7.87. The summed E-state index contributed by atoms with van der Waals surface area (Å²) in [6, 6.07) is -0.0675. The van der Waals surface area contributed by atoms with Crippen molar-refractivity contribution in [2.45, 2.75) is 59.0 Å². The number of carbonyl (C=O) groups is 1. The van der Waals surface area contributed by atoms with Crippen molar-refractivity contribution in [3.05, 3.63) is 0 Å². The maximum atomic E-state index is 13.2. The summed E-state index contributed by atoms with van der Waals surface area (Å²) in [5, 5.41) is 9.52. The van der Waals surface area contributed by atoms with Crippen LogP contribution in [0.4, 0.5) is 0 Å². The molecule has 2 rings (SSSR count). The molecule has 0 aromatic rings. The predicted octanol–water partition coefficient (Wildman–Crippen LogP) is 0.645. The van der Waals surface area contributed by atoms with Crippen molar-refractivity contribution >= 4 is 5.91 Å². The Hall–Kier alpha value is -0.690. The summed E-state index contributed by atoms with van der Waals surface area (Å²) in [7, 11) is 0. The van der Waals surface area contributed by atoms with Crippen molar-refractivity contribution in [2.24, 2.45) is 5.92 Å². The molecule has 2 heterocycles. The lowest BCUT2D eigenvalue weighted by atomic mass is 9.98. The van der Waals surface area contributed by atoms with Gasteiger partial charge in [-0.1, -0.05) is 13.8 Å². The Kier molecular flexibility index (Phi) is 7.04. The van der Waals surface area contributed by atoms with E-state index in [4.69, 9.17) is 4.74 Å². The first-order valence-electron chi connectivity index (χ1n) is 9.36. The van der Waals surface area contributed by atoms with Crippen molar-refractivity contribution in [1.82, 2.24) is 14.7 Å². The zero-order chi connectivity index (χ0) is 17.9. The normalized spacial score (nSPS) is 29.7. The number of carbonyl (C=O) groups excluding carboxylic acids is 1. The van der Waals surface area contributed by atoms with E-state index in [0.717, 1.165) is 39.3 Å². The number of aliphatic hydroxyl groups is 1. The van der Waals surface area contributed by atoms with E-state index in [1.54, 1.807) is 0 Å². The largest absolute Gasteiger partial charge is 0.392 e. The maximum Gasteiger partial charge on any atom is 0.240 e. The quantitative estimate of drug-likeness (QED) is 0.796. The van der Waals surface area contributed by atoms with Gasteiger partial charge in [-0.25, -0.2) is 0 Å². The molecule has 0 aromatic carbocycles. The highest BCUT2D eigenvalue weighted by molar-refractivity contribution is 5.82. The molecule has 4 atom stereocenters. The number of β-amino-alcohol motifs (C(OH)–C–C–N with tert-alkyl or cyclic N) is 1. The van der Waals surface area contributed by atoms with E-state index in [0.29, 0.717) is 6.54 Å². The van der Waals surface area contributed by atoms with Gasteiger partial charge in [-0.3, -0.25) is 14.6 Å². The van der Waals surface area contributed by atoms with Gasteiger partial charge < -0.3 is 14.7 Å². The lowest BCUT2D eigenvalue weighted by Crippen LogP contribution is -2.60. The first-order valence-corrected chi connectivity index (χ1v) is 9.36. The van der Waals surface area contributed by atoms with Crippen LogP contribution in [0, 0.1) is 5.92 Å². The molecule has 0 bridgehead atoms. The minimum absolute atomic E-state index is 0.0675. The molecular formula is C18H35N3O3. The number of amides is 1. The van der Waals surface area contributed by atoms with Crippen molar-refractivity contribution in [1.29, 1.82) is 0 Å². The van der Waals surface area contributed by atoms with Crippen LogP contribution in [-0.4, -0.2) is 95.9 Å². The summed E-state index contributed by atoms with van der Waals surface area (Å²) in [5.41, 5.74) is 0. The Morgan fingerprint density at radius 2 is 1.62 bits per heavy atom. The van der Waals surface area contributed by atoms with E-state index < -0.39 is 0 Å². The molecule has 2 aliphatic heterocycles. The molecule has 2 saturated heterocycles. The van der Waals surface area contributed by atoms with Crippen LogP contribution in [0.15, 0.2) is 0 Å². The van der Waals surface area contributed by atoms with Gasteiger partial charge in [0.05, 0.1) is 24.4 Å². The molecule has 24 heavy (non-hydrogen) atoms. The van der Waals surface area contributed by atoms with Crippen LogP contribution in [0.1, 0.15) is 34.6 Å². The minimum Gasteiger partial charge on any atom is -0.392 e. The van der Waals surface area contributed by atoms with Crippen LogP contribution in [0.2, 0.25) is 0 Å². The van der Waals surface area contributed by atoms with Gasteiger partial charge in [0.2, 0.25) is 5.91 Å². The maximum absolute atomic E-state index is 13.2. The molecule has 2 fully saturated rings. The number of rotatable bonds is 5. The van der Waals surface area contributed by atoms with Gasteiger partial charge in [-0.2, -0.15) is 0 Å². The fourth-order valence-corrected chi connectivity index (χ4v) is 4.02. The van der Waals surface area contributed by atoms with E-state index in [-0.39, 0.29) is 36.2 Å². The van der Waals surface area contributed by atoms with Crippen molar-refractivity contribution in [3.8, 4) is 0 Å². The van der Waals surface area contributed by atoms with E-state index in [1.165, 1.54) is 0 Å². The zero-order valence-corrected chi connectivity index (χ0v) is 15.9. The Morgan fingerprint density at radius 1 is 1.08 bits per heavy atom. The van der Waals surface area contributed by atoms with Crippen molar-refractivity contribution in [2.75, 3.05) is 45.8 Å². The third-order valence-corrected chi connectivity index (χ3v) is 4.93. The third kappa shape index (κ3) is 5.15. The second kappa shape index (κ2) is 8.61. The molecule has 1 N–H and O–H groups in total. The highest BCUT2D eigenvalue weighted by Crippen LogP contribution is 2.21. The van der Waals surface area contributed by atoms with E-state index >= 15 is 0 Å². The highest BCUT2D eigenvalue weighted by atomic mass is 16.5. The van der Waals surface area contributed by atoms with Gasteiger partial charge in [0.1, 0.15) is 0 Å². The van der Waals surface area contributed by atoms with Crippen LogP contribution in [-0.2, 0) is 9.53 Å². The zero-order valence-electron chi connectivity index (χ0n) is 15.9. The molecule has 6 nitrogen and oxygen atoms in total. The Balaban J connectivity index is 1.97. The monoisotopic (exact) mass is 341 g/mol. The SMILES string of the molecule is CC(C)[C@@H](C(=O)N1CCN(C[C@H](C)O)CC1)N1C[C@@H](C)O[C@@H](C)C1. The standard InChI is InChI=1S/C18H35N3O3/c1-13(2)17(21-11-15(4)24-16(5)12-21)18(23)20-8-6-19(7-9-20)10-14(3)22/h13-17,22H,6-12H2,1-5H3/t14-,15-,16+,17-/m0/s1. The smallest absolute Gasteiger partial charge is 0.240 e. The molecule has 0 aliphatic carbocycles. The van der Waals surface area contributed by atoms with Gasteiger partial charge in [0.15, 0.2) is 0 Å². The molecular weight excluding hydrogens is 306 g/mol. The Morgan fingerprint density at radius 3 is 2.08 bits per heavy atom. The van der Waals surface area contributed by atoms with Crippen LogP contribution < -0.4 is 0 Å². The summed E-state index contributed by atoms with van der Waals surface area (Å²) in [6.45, 7) is 15.8. The third-order valence-electron chi connectivity index (χ3n) is 4.93. The van der Waals surface area contributed by atoms with E-state index in [9.17, 15) is 9.90 Å². The van der Waals surface area contributed by atoms with Gasteiger partial charge in [-0.15, -0.1) is 0 Å². The van der Waals surface area contributed by atoms with Crippen LogP contribution in [0.3, 0.4) is 0 Å². The molecule has 0 unspecified atom stereocenters. The van der Waals surface area contributed by atoms with E-state index in [2.05, 4.69) is 37.5 Å². The van der Waals surface area contributed by atoms with Gasteiger partial charge in [0, 0.05) is 45.8 Å². The first kappa shape index (κ1) is 19.6. The first-order chi connectivity index (χ1) is 11.3. The molecule has 140 valence electrons. The fourth-order valence-electron chi connectivity index (χ4n) is 4.02. The minimum atomic E-state index is -0.313. The number of hydrogen-bond donors (Lipinski definition) is 1. The number of nitrogens with zero attached hydrogens (tertiary/aromatic N) is 3. The average molecular weight is 341 g/mol. The average Bonchev–Trinajstić information content (AvgIpc) is 2.46.